The first kappa shape index (κ1) is 8.77. The Morgan fingerprint density at radius 2 is 2.17 bits per heavy atom. The van der Waals surface area contributed by atoms with Crippen molar-refractivity contribution in [2.24, 2.45) is 0 Å². The molecule has 0 radical (unpaired) electrons. The fraction of sp³-hybridized carbons (Fsp3) is 0.500. The van der Waals surface area contributed by atoms with Gasteiger partial charge in [0.1, 0.15) is 0 Å². The molecule has 12 heavy (non-hydrogen) atoms. The monoisotopic (exact) mass is 168 g/mol. The van der Waals surface area contributed by atoms with Gasteiger partial charge in [-0.1, -0.05) is 13.8 Å². The lowest BCUT2D eigenvalue weighted by atomic mass is 10.2. The molecule has 0 fully saturated rings. The maximum absolute atomic E-state index is 10.9. The predicted molar refractivity (Wildman–Crippen MR) is 44.4 cm³/mol. The van der Waals surface area contributed by atoms with E-state index >= 15 is 0 Å². The maximum atomic E-state index is 10.9. The minimum Gasteiger partial charge on any atom is -0.425 e. The zero-order valence-corrected chi connectivity index (χ0v) is 7.24. The van der Waals surface area contributed by atoms with E-state index in [1.54, 1.807) is 0 Å². The smallest absolute Gasteiger partial charge is 0.301 e. The minimum atomic E-state index is -0.468. The Labute approximate surface area is 70.5 Å². The molecular weight excluding hydrogens is 156 g/mol. The Morgan fingerprint density at radius 1 is 1.50 bits per heavy atom. The van der Waals surface area contributed by atoms with Crippen LogP contribution in [0.3, 0.4) is 0 Å². The molecule has 1 aromatic rings. The average molecular weight is 168 g/mol. The third-order valence-electron chi connectivity index (χ3n) is 1.80. The van der Waals surface area contributed by atoms with Crippen LogP contribution in [0, 0.1) is 0 Å². The van der Waals surface area contributed by atoms with E-state index in [-0.39, 0.29) is 0 Å². The van der Waals surface area contributed by atoms with Gasteiger partial charge in [-0.25, -0.2) is 0 Å². The van der Waals surface area contributed by atoms with Gasteiger partial charge in [0.05, 0.1) is 17.6 Å². The van der Waals surface area contributed by atoms with Crippen molar-refractivity contribution in [2.45, 2.75) is 26.7 Å². The lowest BCUT2D eigenvalue weighted by molar-refractivity contribution is 0.163. The molecule has 0 saturated carbocycles. The summed E-state index contributed by atoms with van der Waals surface area (Å²) in [5.41, 5.74) is 0.911. The van der Waals surface area contributed by atoms with Crippen molar-refractivity contribution < 1.29 is 5.21 Å². The van der Waals surface area contributed by atoms with Crippen LogP contribution in [0.1, 0.15) is 25.2 Å². The van der Waals surface area contributed by atoms with Crippen molar-refractivity contribution in [3.05, 3.63) is 27.9 Å². The van der Waals surface area contributed by atoms with E-state index in [0.29, 0.717) is 16.8 Å². The van der Waals surface area contributed by atoms with E-state index < -0.39 is 5.56 Å². The molecule has 0 aromatic carbocycles. The number of hydrogen-bond acceptors (Lipinski definition) is 3. The van der Waals surface area contributed by atoms with Crippen LogP contribution in [0.5, 0.6) is 0 Å². The second-order valence-electron chi connectivity index (χ2n) is 2.51. The third kappa shape index (κ3) is 1.32. The molecule has 0 amide bonds. The molecule has 0 saturated heterocycles. The van der Waals surface area contributed by atoms with Gasteiger partial charge in [0.2, 0.25) is 0 Å². The highest BCUT2D eigenvalue weighted by atomic mass is 16.5. The fourth-order valence-electron chi connectivity index (χ4n) is 1.17. The summed E-state index contributed by atoms with van der Waals surface area (Å²) in [5.74, 6) is 0. The van der Waals surface area contributed by atoms with Crippen molar-refractivity contribution in [1.82, 2.24) is 9.71 Å². The Bertz CT molecular complexity index is 330. The Morgan fingerprint density at radius 3 is 2.67 bits per heavy atom. The first-order valence-electron chi connectivity index (χ1n) is 3.99. The number of hydrogen-bond donors (Lipinski definition) is 1. The lowest BCUT2D eigenvalue weighted by Crippen LogP contribution is -2.23. The van der Waals surface area contributed by atoms with Gasteiger partial charge in [-0.05, 0) is 12.8 Å². The molecule has 0 unspecified atom stereocenters. The van der Waals surface area contributed by atoms with Crippen LogP contribution in [-0.4, -0.2) is 14.9 Å². The zero-order chi connectivity index (χ0) is 9.14. The van der Waals surface area contributed by atoms with Crippen LogP contribution in [-0.2, 0) is 12.8 Å². The highest BCUT2D eigenvalue weighted by Gasteiger charge is 2.06. The molecule has 0 aliphatic carbocycles. The van der Waals surface area contributed by atoms with Crippen molar-refractivity contribution in [3.8, 4) is 0 Å². The third-order valence-corrected chi connectivity index (χ3v) is 1.80. The molecule has 0 aliphatic rings. The second-order valence-corrected chi connectivity index (χ2v) is 2.51. The van der Waals surface area contributed by atoms with Crippen LogP contribution in [0.2, 0.25) is 0 Å². The molecule has 1 heterocycles. The molecule has 0 bridgehead atoms. The van der Waals surface area contributed by atoms with Gasteiger partial charge in [0.25, 0.3) is 0 Å². The van der Waals surface area contributed by atoms with Gasteiger partial charge in [0.15, 0.2) is 0 Å². The van der Waals surface area contributed by atoms with Gasteiger partial charge in [-0.15, -0.1) is 4.73 Å². The topological polar surface area (TPSA) is 55.1 Å². The summed E-state index contributed by atoms with van der Waals surface area (Å²) in [7, 11) is 0. The largest absolute Gasteiger partial charge is 0.425 e. The van der Waals surface area contributed by atoms with Crippen LogP contribution in [0.4, 0.5) is 0 Å². The molecule has 0 atom stereocenters. The van der Waals surface area contributed by atoms with Crippen molar-refractivity contribution >= 4 is 0 Å². The minimum absolute atomic E-state index is 0.468. The molecule has 1 rings (SSSR count). The van der Waals surface area contributed by atoms with E-state index in [9.17, 15) is 10.0 Å². The summed E-state index contributed by atoms with van der Waals surface area (Å²) in [6, 6.07) is 0. The first-order valence-corrected chi connectivity index (χ1v) is 3.99. The molecule has 0 spiro atoms. The van der Waals surface area contributed by atoms with E-state index in [1.165, 1.54) is 0 Å². The van der Waals surface area contributed by atoms with Crippen molar-refractivity contribution in [2.75, 3.05) is 0 Å². The van der Waals surface area contributed by atoms with Crippen molar-refractivity contribution in [3.63, 3.8) is 0 Å². The average Bonchev–Trinajstić information content (AvgIpc) is 2.09. The summed E-state index contributed by atoms with van der Waals surface area (Å²) in [6.45, 7) is 3.81. The summed E-state index contributed by atoms with van der Waals surface area (Å²) >= 11 is 0. The molecule has 4 heteroatoms. The lowest BCUT2D eigenvalue weighted by Gasteiger charge is -2.06. The predicted octanol–water partition coefficient (Wildman–Crippen LogP) is 0.605. The van der Waals surface area contributed by atoms with E-state index in [0.717, 1.165) is 18.3 Å². The Hall–Kier alpha value is -1.32. The zero-order valence-electron chi connectivity index (χ0n) is 7.24. The number of aromatic nitrogens is 2. The molecule has 0 aliphatic heterocycles. The molecule has 1 aromatic heterocycles. The summed E-state index contributed by atoms with van der Waals surface area (Å²) in [5, 5.41) is 9.27. The van der Waals surface area contributed by atoms with Gasteiger partial charge in [0, 0.05) is 0 Å². The Kier molecular flexibility index (Phi) is 2.47. The number of aryl methyl sites for hydroxylation is 1. The molecule has 4 nitrogen and oxygen atoms in total. The standard InChI is InChI=1S/C8H12N2O2/c1-3-6-7(4-2)10(12)8(11)5-9-6/h5,12H,3-4H2,1-2H3. The Balaban J connectivity index is 3.35. The van der Waals surface area contributed by atoms with Crippen LogP contribution >= 0.6 is 0 Å². The maximum Gasteiger partial charge on any atom is 0.301 e. The fourth-order valence-corrected chi connectivity index (χ4v) is 1.17. The first-order chi connectivity index (χ1) is 5.70. The van der Waals surface area contributed by atoms with Crippen LogP contribution in [0.25, 0.3) is 0 Å². The normalized spacial score (nSPS) is 10.2. The summed E-state index contributed by atoms with van der Waals surface area (Å²) in [4.78, 5) is 14.9. The van der Waals surface area contributed by atoms with Gasteiger partial charge >= 0.3 is 5.56 Å². The van der Waals surface area contributed by atoms with Crippen molar-refractivity contribution in [1.29, 1.82) is 0 Å². The van der Waals surface area contributed by atoms with Gasteiger partial charge in [-0.3, -0.25) is 9.78 Å². The quantitative estimate of drug-likeness (QED) is 0.658. The second kappa shape index (κ2) is 3.38. The summed E-state index contributed by atoms with van der Waals surface area (Å²) in [6.07, 6.45) is 2.48. The van der Waals surface area contributed by atoms with E-state index in [2.05, 4.69) is 4.98 Å². The number of nitrogens with zero attached hydrogens (tertiary/aromatic N) is 2. The van der Waals surface area contributed by atoms with Gasteiger partial charge < -0.3 is 5.21 Å². The molecule has 1 N–H and O–H groups in total. The van der Waals surface area contributed by atoms with E-state index in [1.807, 2.05) is 13.8 Å². The summed E-state index contributed by atoms with van der Waals surface area (Å²) < 4.78 is 0.672. The van der Waals surface area contributed by atoms with Crippen LogP contribution < -0.4 is 5.56 Å². The SMILES string of the molecule is CCc1ncc(=O)n(O)c1CC. The molecular formula is C8H12N2O2. The highest BCUT2D eigenvalue weighted by Crippen LogP contribution is 2.02. The van der Waals surface area contributed by atoms with Gasteiger partial charge in [-0.2, -0.15) is 0 Å². The van der Waals surface area contributed by atoms with Crippen LogP contribution in [0.15, 0.2) is 11.0 Å². The molecule has 66 valence electrons. The number of rotatable bonds is 2. The van der Waals surface area contributed by atoms with E-state index in [4.69, 9.17) is 0 Å². The highest BCUT2D eigenvalue weighted by molar-refractivity contribution is 5.11.